The summed E-state index contributed by atoms with van der Waals surface area (Å²) in [5, 5.41) is 11.0. The molecular weight excluding hydrogens is 200 g/mol. The Morgan fingerprint density at radius 1 is 1.60 bits per heavy atom. The van der Waals surface area contributed by atoms with Crippen LogP contribution in [0.5, 0.6) is 0 Å². The summed E-state index contributed by atoms with van der Waals surface area (Å²) in [6, 6.07) is 2.91. The van der Waals surface area contributed by atoms with Crippen molar-refractivity contribution in [2.24, 2.45) is 0 Å². The van der Waals surface area contributed by atoms with Crippen molar-refractivity contribution in [3.8, 4) is 0 Å². The van der Waals surface area contributed by atoms with E-state index in [0.29, 0.717) is 11.4 Å². The molecule has 0 fully saturated rings. The number of esters is 1. The first-order valence-corrected chi connectivity index (χ1v) is 4.13. The number of anilines is 1. The first-order valence-electron chi connectivity index (χ1n) is 4.13. The third kappa shape index (κ3) is 3.26. The van der Waals surface area contributed by atoms with Gasteiger partial charge in [-0.1, -0.05) is 0 Å². The number of carboxylic acids is 1. The fraction of sp³-hybridized carbons (Fsp3) is 0.222. The SMILES string of the molecule is COC(=O)c1ccnc(NCC(=O)O)c1. The van der Waals surface area contributed by atoms with E-state index in [-0.39, 0.29) is 6.54 Å². The Balaban J connectivity index is 2.74. The van der Waals surface area contributed by atoms with Crippen LogP contribution in [0, 0.1) is 0 Å². The minimum Gasteiger partial charge on any atom is -0.480 e. The van der Waals surface area contributed by atoms with Crippen LogP contribution in [0.1, 0.15) is 10.4 Å². The summed E-state index contributed by atoms with van der Waals surface area (Å²) in [6.45, 7) is -0.252. The van der Waals surface area contributed by atoms with Crippen molar-refractivity contribution in [3.63, 3.8) is 0 Å². The van der Waals surface area contributed by atoms with Crippen molar-refractivity contribution in [2.75, 3.05) is 19.0 Å². The van der Waals surface area contributed by atoms with Crippen LogP contribution in [0.2, 0.25) is 0 Å². The molecule has 1 aromatic heterocycles. The lowest BCUT2D eigenvalue weighted by Crippen LogP contribution is -2.13. The molecule has 0 amide bonds. The van der Waals surface area contributed by atoms with Crippen molar-refractivity contribution in [3.05, 3.63) is 23.9 Å². The molecule has 0 aromatic carbocycles. The maximum absolute atomic E-state index is 11.1. The van der Waals surface area contributed by atoms with E-state index >= 15 is 0 Å². The van der Waals surface area contributed by atoms with E-state index < -0.39 is 11.9 Å². The Morgan fingerprint density at radius 3 is 2.93 bits per heavy atom. The van der Waals surface area contributed by atoms with Crippen LogP contribution in [0.3, 0.4) is 0 Å². The second kappa shape index (κ2) is 4.94. The van der Waals surface area contributed by atoms with Crippen molar-refractivity contribution >= 4 is 17.8 Å². The summed E-state index contributed by atoms with van der Waals surface area (Å²) in [4.78, 5) is 25.2. The minimum atomic E-state index is -1.000. The van der Waals surface area contributed by atoms with Gasteiger partial charge in [0.15, 0.2) is 0 Å². The molecule has 0 aliphatic heterocycles. The molecule has 6 heteroatoms. The molecule has 0 atom stereocenters. The van der Waals surface area contributed by atoms with Crippen LogP contribution in [-0.2, 0) is 9.53 Å². The molecule has 0 saturated carbocycles. The van der Waals surface area contributed by atoms with Crippen molar-refractivity contribution in [1.82, 2.24) is 4.98 Å². The van der Waals surface area contributed by atoms with Gasteiger partial charge in [-0.3, -0.25) is 4.79 Å². The van der Waals surface area contributed by atoms with Crippen molar-refractivity contribution in [1.29, 1.82) is 0 Å². The van der Waals surface area contributed by atoms with Crippen LogP contribution in [0.25, 0.3) is 0 Å². The Hall–Kier alpha value is -2.11. The zero-order chi connectivity index (χ0) is 11.3. The summed E-state index contributed by atoms with van der Waals surface area (Å²) < 4.78 is 4.51. The topological polar surface area (TPSA) is 88.5 Å². The van der Waals surface area contributed by atoms with Gasteiger partial charge in [0.05, 0.1) is 12.7 Å². The zero-order valence-electron chi connectivity index (χ0n) is 8.06. The number of hydrogen-bond donors (Lipinski definition) is 2. The predicted octanol–water partition coefficient (Wildman–Crippen LogP) is 0.365. The van der Waals surface area contributed by atoms with Gasteiger partial charge in [0.2, 0.25) is 0 Å². The normalized spacial score (nSPS) is 9.40. The average molecular weight is 210 g/mol. The molecule has 6 nitrogen and oxygen atoms in total. The van der Waals surface area contributed by atoms with Gasteiger partial charge in [-0.25, -0.2) is 9.78 Å². The number of aliphatic carboxylic acids is 1. The molecule has 15 heavy (non-hydrogen) atoms. The van der Waals surface area contributed by atoms with Gasteiger partial charge < -0.3 is 15.2 Å². The van der Waals surface area contributed by atoms with Crippen LogP contribution >= 0.6 is 0 Å². The lowest BCUT2D eigenvalue weighted by atomic mass is 10.2. The number of nitrogens with zero attached hydrogens (tertiary/aromatic N) is 1. The number of carbonyl (C=O) groups excluding carboxylic acids is 1. The molecule has 0 unspecified atom stereocenters. The molecule has 0 bridgehead atoms. The highest BCUT2D eigenvalue weighted by Crippen LogP contribution is 2.07. The molecule has 0 spiro atoms. The molecule has 0 saturated heterocycles. The van der Waals surface area contributed by atoms with E-state index in [9.17, 15) is 9.59 Å². The highest BCUT2D eigenvalue weighted by atomic mass is 16.5. The van der Waals surface area contributed by atoms with Gasteiger partial charge in [0.1, 0.15) is 12.4 Å². The number of methoxy groups -OCH3 is 1. The summed E-state index contributed by atoms with van der Waals surface area (Å²) in [6.07, 6.45) is 1.40. The standard InChI is InChI=1S/C9H10N2O4/c1-15-9(14)6-2-3-10-7(4-6)11-5-8(12)13/h2-4H,5H2,1H3,(H,10,11)(H,12,13). The number of rotatable bonds is 4. The average Bonchev–Trinajstić information content (AvgIpc) is 2.25. The lowest BCUT2D eigenvalue weighted by molar-refractivity contribution is -0.134. The summed E-state index contributed by atoms with van der Waals surface area (Å²) in [5.41, 5.74) is 0.320. The quantitative estimate of drug-likeness (QED) is 0.698. The van der Waals surface area contributed by atoms with E-state index in [1.807, 2.05) is 0 Å². The summed E-state index contributed by atoms with van der Waals surface area (Å²) >= 11 is 0. The van der Waals surface area contributed by atoms with Gasteiger partial charge >= 0.3 is 11.9 Å². The van der Waals surface area contributed by atoms with Gasteiger partial charge in [0, 0.05) is 6.20 Å². The first kappa shape index (κ1) is 11.0. The Kier molecular flexibility index (Phi) is 3.61. The van der Waals surface area contributed by atoms with Gasteiger partial charge in [-0.2, -0.15) is 0 Å². The smallest absolute Gasteiger partial charge is 0.338 e. The number of carbonyl (C=O) groups is 2. The maximum Gasteiger partial charge on any atom is 0.338 e. The highest BCUT2D eigenvalue weighted by molar-refractivity contribution is 5.90. The van der Waals surface area contributed by atoms with E-state index in [0.717, 1.165) is 0 Å². The maximum atomic E-state index is 11.1. The van der Waals surface area contributed by atoms with E-state index in [2.05, 4.69) is 15.0 Å². The number of carboxylic acid groups (broad SMARTS) is 1. The minimum absolute atomic E-state index is 0.252. The third-order valence-corrected chi connectivity index (χ3v) is 1.60. The molecule has 1 rings (SSSR count). The van der Waals surface area contributed by atoms with E-state index in [4.69, 9.17) is 5.11 Å². The second-order valence-electron chi connectivity index (χ2n) is 2.67. The Labute approximate surface area is 85.9 Å². The number of ether oxygens (including phenoxy) is 1. The molecule has 1 heterocycles. The van der Waals surface area contributed by atoms with Gasteiger partial charge in [0.25, 0.3) is 0 Å². The molecule has 1 aromatic rings. The van der Waals surface area contributed by atoms with Gasteiger partial charge in [-0.15, -0.1) is 0 Å². The third-order valence-electron chi connectivity index (χ3n) is 1.60. The van der Waals surface area contributed by atoms with Crippen molar-refractivity contribution < 1.29 is 19.4 Å². The first-order chi connectivity index (χ1) is 7.13. The number of aromatic nitrogens is 1. The fourth-order valence-corrected chi connectivity index (χ4v) is 0.938. The number of nitrogens with one attached hydrogen (secondary N) is 1. The largest absolute Gasteiger partial charge is 0.480 e. The Morgan fingerprint density at radius 2 is 2.33 bits per heavy atom. The molecule has 0 aliphatic carbocycles. The van der Waals surface area contributed by atoms with E-state index in [1.165, 1.54) is 25.4 Å². The van der Waals surface area contributed by atoms with Crippen LogP contribution in [0.15, 0.2) is 18.3 Å². The van der Waals surface area contributed by atoms with E-state index in [1.54, 1.807) is 0 Å². The predicted molar refractivity (Wildman–Crippen MR) is 51.7 cm³/mol. The second-order valence-corrected chi connectivity index (χ2v) is 2.67. The zero-order valence-corrected chi connectivity index (χ0v) is 8.06. The number of pyridine rings is 1. The van der Waals surface area contributed by atoms with Crippen LogP contribution in [0.4, 0.5) is 5.82 Å². The highest BCUT2D eigenvalue weighted by Gasteiger charge is 2.06. The summed E-state index contributed by atoms with van der Waals surface area (Å²) in [7, 11) is 1.27. The molecule has 0 aliphatic rings. The van der Waals surface area contributed by atoms with Crippen molar-refractivity contribution in [2.45, 2.75) is 0 Å². The monoisotopic (exact) mass is 210 g/mol. The molecular formula is C9H10N2O4. The molecule has 2 N–H and O–H groups in total. The van der Waals surface area contributed by atoms with Crippen LogP contribution in [-0.4, -0.2) is 35.7 Å². The lowest BCUT2D eigenvalue weighted by Gasteiger charge is -2.03. The van der Waals surface area contributed by atoms with Gasteiger partial charge in [-0.05, 0) is 12.1 Å². The number of hydrogen-bond acceptors (Lipinski definition) is 5. The summed E-state index contributed by atoms with van der Waals surface area (Å²) in [5.74, 6) is -1.17. The molecule has 0 radical (unpaired) electrons. The molecule has 80 valence electrons. The Bertz CT molecular complexity index is 378. The fourth-order valence-electron chi connectivity index (χ4n) is 0.938. The van der Waals surface area contributed by atoms with Crippen LogP contribution < -0.4 is 5.32 Å².